The number of rotatable bonds is 3. The fraction of sp³-hybridized carbons (Fsp3) is 0.500. The summed E-state index contributed by atoms with van der Waals surface area (Å²) in [6, 6.07) is 5.99. The van der Waals surface area contributed by atoms with Crippen molar-refractivity contribution < 1.29 is 9.53 Å². The van der Waals surface area contributed by atoms with Gasteiger partial charge in [0.1, 0.15) is 0 Å². The number of methoxy groups -OCH3 is 1. The summed E-state index contributed by atoms with van der Waals surface area (Å²) in [4.78, 5) is 11.6. The van der Waals surface area contributed by atoms with Crippen molar-refractivity contribution in [2.45, 2.75) is 39.5 Å². The Kier molecular flexibility index (Phi) is 4.11. The lowest BCUT2D eigenvalue weighted by Gasteiger charge is -2.14. The molecule has 0 radical (unpaired) electrons. The van der Waals surface area contributed by atoms with Crippen molar-refractivity contribution in [3.8, 4) is 0 Å². The third-order valence-electron chi connectivity index (χ3n) is 2.77. The number of ether oxygens (including phenoxy) is 1. The summed E-state index contributed by atoms with van der Waals surface area (Å²) >= 11 is 0. The molecule has 0 aromatic heterocycles. The van der Waals surface area contributed by atoms with Crippen LogP contribution in [0.4, 0.5) is 0 Å². The summed E-state index contributed by atoms with van der Waals surface area (Å²) in [6.45, 7) is 8.48. The topological polar surface area (TPSA) is 26.3 Å². The van der Waals surface area contributed by atoms with Crippen LogP contribution < -0.4 is 0 Å². The predicted molar refractivity (Wildman–Crippen MR) is 66.0 cm³/mol. The molecule has 1 aromatic carbocycles. The van der Waals surface area contributed by atoms with E-state index in [9.17, 15) is 4.79 Å². The second kappa shape index (κ2) is 5.15. The van der Waals surface area contributed by atoms with Crippen LogP contribution in [0.2, 0.25) is 0 Å². The van der Waals surface area contributed by atoms with E-state index in [0.717, 1.165) is 5.56 Å². The highest BCUT2D eigenvalue weighted by molar-refractivity contribution is 5.91. The van der Waals surface area contributed by atoms with E-state index in [1.807, 2.05) is 12.1 Å². The van der Waals surface area contributed by atoms with Crippen molar-refractivity contribution >= 4 is 5.97 Å². The fourth-order valence-electron chi connectivity index (χ4n) is 1.71. The highest BCUT2D eigenvalue weighted by Crippen LogP contribution is 2.25. The molecule has 0 bridgehead atoms. The van der Waals surface area contributed by atoms with Gasteiger partial charge in [-0.2, -0.15) is 0 Å². The van der Waals surface area contributed by atoms with E-state index in [0.29, 0.717) is 17.4 Å². The fourth-order valence-corrected chi connectivity index (χ4v) is 1.71. The normalized spacial score (nSPS) is 10.9. The van der Waals surface area contributed by atoms with Gasteiger partial charge in [-0.1, -0.05) is 39.8 Å². The summed E-state index contributed by atoms with van der Waals surface area (Å²) in [5.74, 6) is 0.552. The average Bonchev–Trinajstić information content (AvgIpc) is 2.26. The van der Waals surface area contributed by atoms with Gasteiger partial charge in [-0.25, -0.2) is 4.79 Å². The lowest BCUT2D eigenvalue weighted by atomic mass is 9.91. The van der Waals surface area contributed by atoms with E-state index in [4.69, 9.17) is 4.74 Å². The molecule has 1 rings (SSSR count). The maximum atomic E-state index is 11.6. The van der Waals surface area contributed by atoms with Gasteiger partial charge in [0.05, 0.1) is 12.7 Å². The molecule has 0 N–H and O–H groups in total. The molecule has 0 spiro atoms. The zero-order chi connectivity index (χ0) is 12.3. The molecular formula is C14H20O2. The Labute approximate surface area is 97.6 Å². The monoisotopic (exact) mass is 220 g/mol. The molecule has 0 saturated carbocycles. The zero-order valence-electron chi connectivity index (χ0n) is 10.7. The highest BCUT2D eigenvalue weighted by atomic mass is 16.5. The third-order valence-corrected chi connectivity index (χ3v) is 2.77. The van der Waals surface area contributed by atoms with Gasteiger partial charge in [0.15, 0.2) is 0 Å². The highest BCUT2D eigenvalue weighted by Gasteiger charge is 2.15. The van der Waals surface area contributed by atoms with Gasteiger partial charge in [-0.15, -0.1) is 0 Å². The zero-order valence-corrected chi connectivity index (χ0v) is 10.7. The van der Waals surface area contributed by atoms with E-state index < -0.39 is 0 Å². The van der Waals surface area contributed by atoms with E-state index in [1.165, 1.54) is 12.7 Å². The molecule has 0 unspecified atom stereocenters. The van der Waals surface area contributed by atoms with Gasteiger partial charge in [0, 0.05) is 0 Å². The summed E-state index contributed by atoms with van der Waals surface area (Å²) < 4.78 is 4.79. The molecule has 0 saturated heterocycles. The Morgan fingerprint density at radius 3 is 2.19 bits per heavy atom. The van der Waals surface area contributed by atoms with E-state index in [2.05, 4.69) is 33.8 Å². The molecule has 0 heterocycles. The number of benzene rings is 1. The Balaban J connectivity index is 3.25. The second-order valence-electron chi connectivity index (χ2n) is 4.65. The minimum Gasteiger partial charge on any atom is -0.465 e. The maximum absolute atomic E-state index is 11.6. The molecule has 0 amide bonds. The number of esters is 1. The van der Waals surface area contributed by atoms with Gasteiger partial charge in [-0.05, 0) is 29.0 Å². The molecule has 0 atom stereocenters. The van der Waals surface area contributed by atoms with Crippen molar-refractivity contribution in [3.05, 3.63) is 34.9 Å². The van der Waals surface area contributed by atoms with Crippen LogP contribution in [-0.4, -0.2) is 13.1 Å². The molecule has 2 nitrogen and oxygen atoms in total. The molecule has 88 valence electrons. The van der Waals surface area contributed by atoms with Crippen LogP contribution >= 0.6 is 0 Å². The van der Waals surface area contributed by atoms with Gasteiger partial charge in [0.2, 0.25) is 0 Å². The van der Waals surface area contributed by atoms with Gasteiger partial charge in [-0.3, -0.25) is 0 Å². The lowest BCUT2D eigenvalue weighted by molar-refractivity contribution is 0.0599. The first-order valence-corrected chi connectivity index (χ1v) is 5.69. The van der Waals surface area contributed by atoms with Crippen LogP contribution in [0.25, 0.3) is 0 Å². The third kappa shape index (κ3) is 2.63. The lowest BCUT2D eigenvalue weighted by Crippen LogP contribution is -2.07. The van der Waals surface area contributed by atoms with Crippen molar-refractivity contribution in [2.75, 3.05) is 7.11 Å². The van der Waals surface area contributed by atoms with Gasteiger partial charge < -0.3 is 4.74 Å². The SMILES string of the molecule is COC(=O)c1ccc(C(C)C)cc1C(C)C. The second-order valence-corrected chi connectivity index (χ2v) is 4.65. The molecule has 16 heavy (non-hydrogen) atoms. The quantitative estimate of drug-likeness (QED) is 0.726. The largest absolute Gasteiger partial charge is 0.465 e. The van der Waals surface area contributed by atoms with Crippen molar-refractivity contribution in [2.24, 2.45) is 0 Å². The molecule has 0 aliphatic heterocycles. The molecular weight excluding hydrogens is 200 g/mol. The Morgan fingerprint density at radius 1 is 1.12 bits per heavy atom. The van der Waals surface area contributed by atoms with Crippen molar-refractivity contribution in [1.29, 1.82) is 0 Å². The van der Waals surface area contributed by atoms with Crippen LogP contribution in [0.15, 0.2) is 18.2 Å². The summed E-state index contributed by atoms with van der Waals surface area (Å²) in [5, 5.41) is 0. The summed E-state index contributed by atoms with van der Waals surface area (Å²) in [7, 11) is 1.42. The van der Waals surface area contributed by atoms with E-state index in [1.54, 1.807) is 0 Å². The van der Waals surface area contributed by atoms with E-state index in [-0.39, 0.29) is 5.97 Å². The van der Waals surface area contributed by atoms with Crippen LogP contribution in [0.5, 0.6) is 0 Å². The number of carbonyl (C=O) groups excluding carboxylic acids is 1. The number of hydrogen-bond donors (Lipinski definition) is 0. The predicted octanol–water partition coefficient (Wildman–Crippen LogP) is 3.72. The minimum atomic E-state index is -0.251. The summed E-state index contributed by atoms with van der Waals surface area (Å²) in [5.41, 5.74) is 3.01. The molecule has 1 aromatic rings. The van der Waals surface area contributed by atoms with Gasteiger partial charge >= 0.3 is 5.97 Å². The molecule has 0 aliphatic carbocycles. The Hall–Kier alpha value is -1.31. The van der Waals surface area contributed by atoms with Crippen molar-refractivity contribution in [3.63, 3.8) is 0 Å². The molecule has 0 fully saturated rings. The first kappa shape index (κ1) is 12.8. The molecule has 0 aliphatic rings. The standard InChI is InChI=1S/C14H20O2/c1-9(2)11-6-7-12(14(15)16-5)13(8-11)10(3)4/h6-10H,1-5H3. The van der Waals surface area contributed by atoms with Crippen molar-refractivity contribution in [1.82, 2.24) is 0 Å². The Bertz CT molecular complexity index is 378. The van der Waals surface area contributed by atoms with Crippen LogP contribution in [-0.2, 0) is 4.74 Å². The average molecular weight is 220 g/mol. The first-order chi connectivity index (χ1) is 7.47. The maximum Gasteiger partial charge on any atom is 0.338 e. The smallest absolute Gasteiger partial charge is 0.338 e. The van der Waals surface area contributed by atoms with Crippen LogP contribution in [0, 0.1) is 0 Å². The first-order valence-electron chi connectivity index (χ1n) is 5.69. The van der Waals surface area contributed by atoms with Gasteiger partial charge in [0.25, 0.3) is 0 Å². The number of hydrogen-bond acceptors (Lipinski definition) is 2. The number of carbonyl (C=O) groups is 1. The molecule has 2 heteroatoms. The van der Waals surface area contributed by atoms with E-state index >= 15 is 0 Å². The van der Waals surface area contributed by atoms with Crippen LogP contribution in [0.1, 0.15) is 61.0 Å². The van der Waals surface area contributed by atoms with Crippen LogP contribution in [0.3, 0.4) is 0 Å². The summed E-state index contributed by atoms with van der Waals surface area (Å²) in [6.07, 6.45) is 0. The Morgan fingerprint density at radius 2 is 1.75 bits per heavy atom. The minimum absolute atomic E-state index is 0.251.